The Kier molecular flexibility index (Phi) is 3.66. The van der Waals surface area contributed by atoms with E-state index in [1.165, 1.54) is 63.4 Å². The van der Waals surface area contributed by atoms with Crippen LogP contribution in [0.1, 0.15) is 63.9 Å². The molecule has 0 radical (unpaired) electrons. The molecule has 2 heterocycles. The summed E-state index contributed by atoms with van der Waals surface area (Å²) in [6, 6.07) is 11.1. The first-order valence-electron chi connectivity index (χ1n) is 8.09. The number of benzene rings is 1. The molecule has 2 aliphatic heterocycles. The third-order valence-corrected chi connectivity index (χ3v) is 5.46. The van der Waals surface area contributed by atoms with Gasteiger partial charge in [0.25, 0.3) is 0 Å². The lowest BCUT2D eigenvalue weighted by molar-refractivity contribution is 0.125. The van der Waals surface area contributed by atoms with Gasteiger partial charge in [0.05, 0.1) is 0 Å². The van der Waals surface area contributed by atoms with Crippen molar-refractivity contribution in [3.8, 4) is 0 Å². The zero-order chi connectivity index (χ0) is 13.2. The molecule has 3 rings (SSSR count). The Hall–Kier alpha value is -0.820. The van der Waals surface area contributed by atoms with Crippen LogP contribution in [-0.2, 0) is 6.42 Å². The fraction of sp³-hybridized carbons (Fsp3) is 0.667. The predicted molar refractivity (Wildman–Crippen MR) is 81.4 cm³/mol. The minimum absolute atomic E-state index is 0.381. The molecule has 19 heavy (non-hydrogen) atoms. The highest BCUT2D eigenvalue weighted by atomic mass is 15.1. The zero-order valence-corrected chi connectivity index (χ0v) is 12.3. The SMILES string of the molecule is CCC12CCCCC(Cc3ccccc3)(CCC1)N2. The van der Waals surface area contributed by atoms with E-state index < -0.39 is 0 Å². The minimum Gasteiger partial charge on any atom is -0.305 e. The van der Waals surface area contributed by atoms with Crippen LogP contribution in [-0.4, -0.2) is 11.1 Å². The van der Waals surface area contributed by atoms with Crippen LogP contribution in [0.4, 0.5) is 0 Å². The Bertz CT molecular complexity index is 413. The number of fused-ring (bicyclic) bond motifs is 2. The molecule has 2 saturated heterocycles. The molecule has 104 valence electrons. The molecule has 2 atom stereocenters. The summed E-state index contributed by atoms with van der Waals surface area (Å²) in [7, 11) is 0. The van der Waals surface area contributed by atoms with Crippen molar-refractivity contribution in [3.05, 3.63) is 35.9 Å². The van der Waals surface area contributed by atoms with Crippen LogP contribution in [0.5, 0.6) is 0 Å². The maximum atomic E-state index is 4.14. The van der Waals surface area contributed by atoms with E-state index in [1.807, 2.05) is 0 Å². The molecular formula is C18H27N. The summed E-state index contributed by atoms with van der Waals surface area (Å²) in [6.07, 6.45) is 12.2. The van der Waals surface area contributed by atoms with Crippen LogP contribution >= 0.6 is 0 Å². The van der Waals surface area contributed by atoms with Gasteiger partial charge in [-0.05, 0) is 50.5 Å². The van der Waals surface area contributed by atoms with E-state index in [0.29, 0.717) is 11.1 Å². The van der Waals surface area contributed by atoms with Crippen LogP contribution in [0, 0.1) is 0 Å². The van der Waals surface area contributed by atoms with Gasteiger partial charge in [-0.1, -0.05) is 50.1 Å². The average Bonchev–Trinajstić information content (AvgIpc) is 2.57. The highest BCUT2D eigenvalue weighted by Crippen LogP contribution is 2.41. The third kappa shape index (κ3) is 2.72. The summed E-state index contributed by atoms with van der Waals surface area (Å²) >= 11 is 0. The Morgan fingerprint density at radius 3 is 2.26 bits per heavy atom. The Morgan fingerprint density at radius 2 is 1.53 bits per heavy atom. The molecule has 2 fully saturated rings. The number of nitrogens with one attached hydrogen (secondary N) is 1. The van der Waals surface area contributed by atoms with Gasteiger partial charge in [-0.2, -0.15) is 0 Å². The molecule has 0 aliphatic carbocycles. The summed E-state index contributed by atoms with van der Waals surface area (Å²) in [6.45, 7) is 2.37. The second-order valence-electron chi connectivity index (χ2n) is 6.76. The molecule has 0 saturated carbocycles. The van der Waals surface area contributed by atoms with Gasteiger partial charge in [0.15, 0.2) is 0 Å². The van der Waals surface area contributed by atoms with Crippen molar-refractivity contribution < 1.29 is 0 Å². The average molecular weight is 257 g/mol. The molecule has 1 nitrogen and oxygen atoms in total. The molecule has 2 unspecified atom stereocenters. The van der Waals surface area contributed by atoms with Crippen molar-refractivity contribution in [3.63, 3.8) is 0 Å². The van der Waals surface area contributed by atoms with Crippen molar-refractivity contribution in [2.45, 2.75) is 75.8 Å². The highest BCUT2D eigenvalue weighted by molar-refractivity contribution is 5.19. The van der Waals surface area contributed by atoms with Crippen LogP contribution in [0.2, 0.25) is 0 Å². The zero-order valence-electron chi connectivity index (χ0n) is 12.3. The highest BCUT2D eigenvalue weighted by Gasteiger charge is 2.44. The molecule has 0 aromatic heterocycles. The topological polar surface area (TPSA) is 12.0 Å². The van der Waals surface area contributed by atoms with E-state index in [1.54, 1.807) is 0 Å². The van der Waals surface area contributed by atoms with E-state index in [-0.39, 0.29) is 0 Å². The first-order chi connectivity index (χ1) is 9.26. The molecule has 0 amide bonds. The van der Waals surface area contributed by atoms with Crippen LogP contribution < -0.4 is 5.32 Å². The molecule has 0 spiro atoms. The Labute approximate surface area is 117 Å². The van der Waals surface area contributed by atoms with Crippen molar-refractivity contribution in [1.29, 1.82) is 0 Å². The molecule has 2 bridgehead atoms. The fourth-order valence-electron chi connectivity index (χ4n) is 4.40. The molecule has 1 aromatic rings. The Balaban J connectivity index is 1.84. The second kappa shape index (κ2) is 5.28. The summed E-state index contributed by atoms with van der Waals surface area (Å²) in [4.78, 5) is 0. The predicted octanol–water partition coefficient (Wildman–Crippen LogP) is 4.46. The van der Waals surface area contributed by atoms with Crippen molar-refractivity contribution in [2.24, 2.45) is 0 Å². The smallest absolute Gasteiger partial charge is 0.0227 e. The van der Waals surface area contributed by atoms with Crippen molar-refractivity contribution >= 4 is 0 Å². The van der Waals surface area contributed by atoms with Gasteiger partial charge in [0, 0.05) is 11.1 Å². The summed E-state index contributed by atoms with van der Waals surface area (Å²) in [5.74, 6) is 0. The fourth-order valence-corrected chi connectivity index (χ4v) is 4.40. The van der Waals surface area contributed by atoms with Crippen molar-refractivity contribution in [2.75, 3.05) is 0 Å². The van der Waals surface area contributed by atoms with E-state index >= 15 is 0 Å². The summed E-state index contributed by atoms with van der Waals surface area (Å²) in [5, 5.41) is 4.14. The van der Waals surface area contributed by atoms with Crippen LogP contribution in [0.3, 0.4) is 0 Å². The summed E-state index contributed by atoms with van der Waals surface area (Å²) in [5.41, 5.74) is 2.33. The van der Waals surface area contributed by atoms with Gasteiger partial charge in [-0.15, -0.1) is 0 Å². The first kappa shape index (κ1) is 13.2. The van der Waals surface area contributed by atoms with E-state index in [2.05, 4.69) is 42.6 Å². The lowest BCUT2D eigenvalue weighted by Crippen LogP contribution is -2.60. The van der Waals surface area contributed by atoms with Crippen LogP contribution in [0.25, 0.3) is 0 Å². The number of piperidine rings is 1. The lowest BCUT2D eigenvalue weighted by Gasteiger charge is -2.48. The minimum atomic E-state index is 0.381. The molecule has 2 aliphatic rings. The third-order valence-electron chi connectivity index (χ3n) is 5.46. The van der Waals surface area contributed by atoms with E-state index in [0.717, 1.165) is 0 Å². The number of hydrogen-bond donors (Lipinski definition) is 1. The maximum Gasteiger partial charge on any atom is 0.0227 e. The molecule has 1 heteroatoms. The van der Waals surface area contributed by atoms with Gasteiger partial charge in [0.2, 0.25) is 0 Å². The first-order valence-corrected chi connectivity index (χ1v) is 8.09. The molecule has 1 N–H and O–H groups in total. The number of rotatable bonds is 3. The molecular weight excluding hydrogens is 230 g/mol. The van der Waals surface area contributed by atoms with E-state index in [9.17, 15) is 0 Å². The molecule has 1 aromatic carbocycles. The largest absolute Gasteiger partial charge is 0.305 e. The summed E-state index contributed by atoms with van der Waals surface area (Å²) < 4.78 is 0. The standard InChI is InChI=1S/C18H27N/c1-2-17-11-6-7-12-18(19-17,14-8-13-17)15-16-9-4-3-5-10-16/h3-5,9-10,19H,2,6-8,11-15H2,1H3. The number of hydrogen-bond acceptors (Lipinski definition) is 1. The van der Waals surface area contributed by atoms with E-state index in [4.69, 9.17) is 0 Å². The normalized spacial score (nSPS) is 34.8. The monoisotopic (exact) mass is 257 g/mol. The quantitative estimate of drug-likeness (QED) is 0.842. The van der Waals surface area contributed by atoms with Gasteiger partial charge >= 0.3 is 0 Å². The van der Waals surface area contributed by atoms with Crippen LogP contribution in [0.15, 0.2) is 30.3 Å². The van der Waals surface area contributed by atoms with Gasteiger partial charge in [0.1, 0.15) is 0 Å². The lowest BCUT2D eigenvalue weighted by atomic mass is 9.74. The van der Waals surface area contributed by atoms with Gasteiger partial charge in [-0.25, -0.2) is 0 Å². The maximum absolute atomic E-state index is 4.14. The second-order valence-corrected chi connectivity index (χ2v) is 6.76. The van der Waals surface area contributed by atoms with Gasteiger partial charge in [-0.3, -0.25) is 0 Å². The van der Waals surface area contributed by atoms with Crippen molar-refractivity contribution in [1.82, 2.24) is 5.32 Å². The van der Waals surface area contributed by atoms with Gasteiger partial charge < -0.3 is 5.32 Å². The Morgan fingerprint density at radius 1 is 0.895 bits per heavy atom.